The number of carbonyl (C=O) groups excluding carboxylic acids is 1. The van der Waals surface area contributed by atoms with Crippen LogP contribution < -0.4 is 10.6 Å². The monoisotopic (exact) mass is 281 g/mol. The molecule has 20 heavy (non-hydrogen) atoms. The van der Waals surface area contributed by atoms with Crippen LogP contribution in [0.1, 0.15) is 32.1 Å². The zero-order valence-corrected chi connectivity index (χ0v) is 11.2. The number of aliphatic carboxylic acids is 1. The molecule has 8 heteroatoms. The Morgan fingerprint density at radius 3 is 2.70 bits per heavy atom. The van der Waals surface area contributed by atoms with Crippen LogP contribution in [0.2, 0.25) is 0 Å². The smallest absolute Gasteiger partial charge is 0.315 e. The summed E-state index contributed by atoms with van der Waals surface area (Å²) in [5.41, 5.74) is -0.594. The van der Waals surface area contributed by atoms with Gasteiger partial charge in [-0.15, -0.1) is 5.10 Å². The fourth-order valence-electron chi connectivity index (χ4n) is 2.61. The van der Waals surface area contributed by atoms with Crippen molar-refractivity contribution in [2.45, 2.75) is 44.2 Å². The topological polar surface area (TPSA) is 109 Å². The van der Waals surface area contributed by atoms with Gasteiger partial charge in [-0.05, 0) is 12.8 Å². The van der Waals surface area contributed by atoms with Crippen molar-refractivity contribution in [3.8, 4) is 0 Å². The number of aromatic nitrogens is 3. The highest BCUT2D eigenvalue weighted by Gasteiger charge is 2.37. The highest BCUT2D eigenvalue weighted by atomic mass is 16.4. The Bertz CT molecular complexity index is 454. The second kappa shape index (κ2) is 6.36. The number of nitrogens with zero attached hydrogens (tertiary/aromatic N) is 3. The van der Waals surface area contributed by atoms with Crippen molar-refractivity contribution in [1.29, 1.82) is 0 Å². The summed E-state index contributed by atoms with van der Waals surface area (Å²) in [6.45, 7) is 0.942. The maximum Gasteiger partial charge on any atom is 0.315 e. The fourth-order valence-corrected chi connectivity index (χ4v) is 2.61. The van der Waals surface area contributed by atoms with Gasteiger partial charge in [-0.1, -0.05) is 18.1 Å². The molecule has 1 aromatic rings. The maximum absolute atomic E-state index is 11.9. The number of carboxylic acids is 1. The van der Waals surface area contributed by atoms with Gasteiger partial charge >= 0.3 is 12.0 Å². The summed E-state index contributed by atoms with van der Waals surface area (Å²) in [6, 6.07) is -0.326. The number of nitrogens with one attached hydrogen (secondary N) is 2. The van der Waals surface area contributed by atoms with E-state index >= 15 is 0 Å². The van der Waals surface area contributed by atoms with Crippen LogP contribution in [0, 0.1) is 0 Å². The Morgan fingerprint density at radius 1 is 1.35 bits per heavy atom. The summed E-state index contributed by atoms with van der Waals surface area (Å²) in [5, 5.41) is 22.0. The molecule has 0 saturated heterocycles. The predicted octanol–water partition coefficient (Wildman–Crippen LogP) is 0.365. The van der Waals surface area contributed by atoms with Gasteiger partial charge in [0.15, 0.2) is 0 Å². The van der Waals surface area contributed by atoms with E-state index in [1.165, 1.54) is 0 Å². The molecule has 110 valence electrons. The lowest BCUT2D eigenvalue weighted by molar-refractivity contribution is -0.138. The standard InChI is InChI=1S/C12H19N5O3/c18-10(19)9-12(3-1-2-4-12)15-11(20)13-5-7-17-8-6-14-16-17/h6,8H,1-5,7,9H2,(H,18,19)(H2,13,15,20). The van der Waals surface area contributed by atoms with E-state index in [1.54, 1.807) is 17.1 Å². The van der Waals surface area contributed by atoms with Crippen LogP contribution in [-0.4, -0.2) is 44.2 Å². The highest BCUT2D eigenvalue weighted by molar-refractivity contribution is 5.76. The normalized spacial score (nSPS) is 16.8. The molecule has 1 saturated carbocycles. The van der Waals surface area contributed by atoms with Crippen LogP contribution in [0.4, 0.5) is 4.79 Å². The van der Waals surface area contributed by atoms with Crippen molar-refractivity contribution >= 4 is 12.0 Å². The number of hydrogen-bond acceptors (Lipinski definition) is 4. The number of hydrogen-bond donors (Lipinski definition) is 3. The molecule has 1 aromatic heterocycles. The number of urea groups is 1. The number of carbonyl (C=O) groups is 2. The van der Waals surface area contributed by atoms with Crippen LogP contribution in [-0.2, 0) is 11.3 Å². The van der Waals surface area contributed by atoms with Gasteiger partial charge in [0.2, 0.25) is 0 Å². The van der Waals surface area contributed by atoms with Gasteiger partial charge in [-0.2, -0.15) is 0 Å². The summed E-state index contributed by atoms with van der Waals surface area (Å²) in [7, 11) is 0. The summed E-state index contributed by atoms with van der Waals surface area (Å²) in [5.74, 6) is -0.880. The molecule has 0 spiro atoms. The first-order chi connectivity index (χ1) is 9.60. The fraction of sp³-hybridized carbons (Fsp3) is 0.667. The van der Waals surface area contributed by atoms with Crippen LogP contribution in [0.3, 0.4) is 0 Å². The van der Waals surface area contributed by atoms with Crippen molar-refractivity contribution in [3.05, 3.63) is 12.4 Å². The molecule has 1 fully saturated rings. The third kappa shape index (κ3) is 3.94. The van der Waals surface area contributed by atoms with E-state index in [2.05, 4.69) is 20.9 Å². The van der Waals surface area contributed by atoms with E-state index in [0.717, 1.165) is 25.7 Å². The lowest BCUT2D eigenvalue weighted by Gasteiger charge is -2.28. The van der Waals surface area contributed by atoms with Crippen molar-refractivity contribution in [2.24, 2.45) is 0 Å². The van der Waals surface area contributed by atoms with Crippen molar-refractivity contribution in [1.82, 2.24) is 25.6 Å². The second-order valence-electron chi connectivity index (χ2n) is 5.10. The second-order valence-corrected chi connectivity index (χ2v) is 5.10. The molecule has 8 nitrogen and oxygen atoms in total. The van der Waals surface area contributed by atoms with E-state index in [9.17, 15) is 9.59 Å². The number of amides is 2. The Balaban J connectivity index is 1.78. The van der Waals surface area contributed by atoms with Gasteiger partial charge in [0.05, 0.1) is 24.7 Å². The molecule has 3 N–H and O–H groups in total. The molecule has 2 rings (SSSR count). The van der Waals surface area contributed by atoms with Gasteiger partial charge in [-0.25, -0.2) is 4.79 Å². The molecule has 2 amide bonds. The average molecular weight is 281 g/mol. The Hall–Kier alpha value is -2.12. The van der Waals surface area contributed by atoms with Gasteiger partial charge in [0.1, 0.15) is 0 Å². The molecular formula is C12H19N5O3. The van der Waals surface area contributed by atoms with Crippen LogP contribution in [0.15, 0.2) is 12.4 Å². The van der Waals surface area contributed by atoms with E-state index in [0.29, 0.717) is 13.1 Å². The largest absolute Gasteiger partial charge is 0.481 e. The average Bonchev–Trinajstić information content (AvgIpc) is 3.00. The van der Waals surface area contributed by atoms with Crippen molar-refractivity contribution in [3.63, 3.8) is 0 Å². The van der Waals surface area contributed by atoms with Crippen molar-refractivity contribution < 1.29 is 14.7 Å². The quantitative estimate of drug-likeness (QED) is 0.697. The summed E-state index contributed by atoms with van der Waals surface area (Å²) < 4.78 is 1.61. The molecule has 0 unspecified atom stereocenters. The van der Waals surface area contributed by atoms with E-state index in [1.807, 2.05) is 0 Å². The molecule has 1 aliphatic rings. The van der Waals surface area contributed by atoms with Crippen LogP contribution >= 0.6 is 0 Å². The first-order valence-corrected chi connectivity index (χ1v) is 6.72. The first kappa shape index (κ1) is 14.3. The zero-order chi connectivity index (χ0) is 14.4. The zero-order valence-electron chi connectivity index (χ0n) is 11.2. The third-order valence-corrected chi connectivity index (χ3v) is 3.53. The summed E-state index contributed by atoms with van der Waals surface area (Å²) in [6.07, 6.45) is 6.59. The van der Waals surface area contributed by atoms with Gasteiger partial charge in [-0.3, -0.25) is 9.48 Å². The maximum atomic E-state index is 11.9. The number of rotatable bonds is 6. The predicted molar refractivity (Wildman–Crippen MR) is 70.0 cm³/mol. The molecule has 1 heterocycles. The molecular weight excluding hydrogens is 262 g/mol. The lowest BCUT2D eigenvalue weighted by atomic mass is 9.93. The van der Waals surface area contributed by atoms with Crippen LogP contribution in [0.25, 0.3) is 0 Å². The van der Waals surface area contributed by atoms with Crippen molar-refractivity contribution in [2.75, 3.05) is 6.54 Å². The minimum absolute atomic E-state index is 0.0243. The lowest BCUT2D eigenvalue weighted by Crippen LogP contribution is -2.52. The molecule has 0 radical (unpaired) electrons. The van der Waals surface area contributed by atoms with Gasteiger partial charge < -0.3 is 15.7 Å². The molecule has 0 bridgehead atoms. The highest BCUT2D eigenvalue weighted by Crippen LogP contribution is 2.32. The van der Waals surface area contributed by atoms with E-state index in [-0.39, 0.29) is 12.5 Å². The summed E-state index contributed by atoms with van der Waals surface area (Å²) in [4.78, 5) is 22.8. The molecule has 0 atom stereocenters. The Morgan fingerprint density at radius 2 is 2.10 bits per heavy atom. The Labute approximate surface area is 116 Å². The minimum Gasteiger partial charge on any atom is -0.481 e. The SMILES string of the molecule is O=C(O)CC1(NC(=O)NCCn2ccnn2)CCCC1. The molecule has 0 aliphatic heterocycles. The number of carboxylic acid groups (broad SMARTS) is 1. The third-order valence-electron chi connectivity index (χ3n) is 3.53. The van der Waals surface area contributed by atoms with E-state index in [4.69, 9.17) is 5.11 Å². The minimum atomic E-state index is -0.880. The molecule has 1 aliphatic carbocycles. The van der Waals surface area contributed by atoms with Crippen LogP contribution in [0.5, 0.6) is 0 Å². The van der Waals surface area contributed by atoms with E-state index < -0.39 is 11.5 Å². The van der Waals surface area contributed by atoms with Gasteiger partial charge in [0, 0.05) is 12.7 Å². The first-order valence-electron chi connectivity index (χ1n) is 6.72. The molecule has 0 aromatic carbocycles. The Kier molecular flexibility index (Phi) is 4.54. The van der Waals surface area contributed by atoms with Gasteiger partial charge in [0.25, 0.3) is 0 Å². The summed E-state index contributed by atoms with van der Waals surface area (Å²) >= 11 is 0.